The minimum atomic E-state index is -3.96. The maximum Gasteiger partial charge on any atom is 0.303 e. The number of nitrogens with one attached hydrogen (secondary N) is 2. The fourth-order valence-corrected chi connectivity index (χ4v) is 4.69. The molecule has 1 aromatic carbocycles. The van der Waals surface area contributed by atoms with Gasteiger partial charge < -0.3 is 20.5 Å². The first-order valence-electron chi connectivity index (χ1n) is 11.5. The van der Waals surface area contributed by atoms with E-state index in [4.69, 9.17) is 10.2 Å². The Morgan fingerprint density at radius 2 is 1.84 bits per heavy atom. The molecule has 15 heteroatoms. The fourth-order valence-electron chi connectivity index (χ4n) is 4.18. The average molecular weight is 538 g/mol. The fraction of sp³-hybridized carbons (Fsp3) is 0.455. The Labute approximate surface area is 212 Å². The highest BCUT2D eigenvalue weighted by Gasteiger charge is 2.44. The van der Waals surface area contributed by atoms with Crippen LogP contribution in [-0.4, -0.2) is 84.1 Å². The second-order valence-electron chi connectivity index (χ2n) is 8.68. The van der Waals surface area contributed by atoms with Crippen LogP contribution in [0.5, 0.6) is 0 Å². The van der Waals surface area contributed by atoms with Crippen molar-refractivity contribution in [1.82, 2.24) is 20.7 Å². The van der Waals surface area contributed by atoms with E-state index in [-0.39, 0.29) is 49.1 Å². The summed E-state index contributed by atoms with van der Waals surface area (Å²) in [7, 11) is -3.96. The molecule has 3 rings (SSSR count). The van der Waals surface area contributed by atoms with Crippen LogP contribution in [0.15, 0.2) is 29.2 Å². The minimum absolute atomic E-state index is 0.0322. The lowest BCUT2D eigenvalue weighted by Crippen LogP contribution is -2.64. The lowest BCUT2D eigenvalue weighted by atomic mass is 10.0. The third-order valence-electron chi connectivity index (χ3n) is 6.08. The van der Waals surface area contributed by atoms with Gasteiger partial charge in [0.25, 0.3) is 11.8 Å². The van der Waals surface area contributed by atoms with Gasteiger partial charge in [0, 0.05) is 24.9 Å². The highest BCUT2D eigenvalue weighted by molar-refractivity contribution is 7.89. The Kier molecular flexibility index (Phi) is 8.60. The quantitative estimate of drug-likeness (QED) is 0.270. The molecule has 0 saturated carbocycles. The van der Waals surface area contributed by atoms with Crippen LogP contribution in [0, 0.1) is 0 Å². The summed E-state index contributed by atoms with van der Waals surface area (Å²) in [6, 6.07) is 1.33. The number of hydrogen-bond donors (Lipinski definition) is 4. The Morgan fingerprint density at radius 3 is 2.43 bits per heavy atom. The van der Waals surface area contributed by atoms with Crippen LogP contribution < -0.4 is 15.8 Å². The highest BCUT2D eigenvalue weighted by Crippen LogP contribution is 2.25. The molecular weight excluding hydrogens is 510 g/mol. The van der Waals surface area contributed by atoms with Crippen LogP contribution in [0.4, 0.5) is 0 Å². The van der Waals surface area contributed by atoms with Crippen LogP contribution in [0.1, 0.15) is 48.9 Å². The van der Waals surface area contributed by atoms with Crippen LogP contribution in [0.2, 0.25) is 0 Å². The number of hydrogen-bond acceptors (Lipinski definition) is 8. The summed E-state index contributed by atoms with van der Waals surface area (Å²) in [4.78, 5) is 73.9. The molecule has 3 atom stereocenters. The number of primary sulfonamides is 1. The molecule has 0 spiro atoms. The summed E-state index contributed by atoms with van der Waals surface area (Å²) in [5, 5.41) is 21.0. The molecule has 2 fully saturated rings. The molecule has 2 saturated heterocycles. The van der Waals surface area contributed by atoms with Crippen LogP contribution in [0.3, 0.4) is 0 Å². The Bertz CT molecular complexity index is 1200. The molecule has 0 aromatic heterocycles. The number of sulfonamides is 1. The van der Waals surface area contributed by atoms with E-state index in [9.17, 15) is 37.2 Å². The summed E-state index contributed by atoms with van der Waals surface area (Å²) < 4.78 is 22.9. The van der Waals surface area contributed by atoms with Gasteiger partial charge in [0.05, 0.1) is 10.9 Å². The Hall–Kier alpha value is -3.85. The maximum atomic E-state index is 13.5. The molecule has 0 radical (unpaired) electrons. The molecule has 200 valence electrons. The van der Waals surface area contributed by atoms with Crippen molar-refractivity contribution in [3.05, 3.63) is 29.8 Å². The van der Waals surface area contributed by atoms with Crippen molar-refractivity contribution in [1.29, 1.82) is 0 Å². The molecule has 37 heavy (non-hydrogen) atoms. The summed E-state index contributed by atoms with van der Waals surface area (Å²) in [6.07, 6.45) is 0.381. The van der Waals surface area contributed by atoms with Crippen molar-refractivity contribution in [2.24, 2.45) is 5.14 Å². The molecule has 2 aliphatic heterocycles. The number of rotatable bonds is 9. The number of benzene rings is 1. The number of carboxylic acid groups (broad SMARTS) is 1. The molecule has 14 nitrogen and oxygen atoms in total. The normalized spacial score (nSPS) is 20.9. The number of aldehydes is 1. The first kappa shape index (κ1) is 27.7. The number of aliphatic carboxylic acids is 1. The first-order valence-corrected chi connectivity index (χ1v) is 13.0. The van der Waals surface area contributed by atoms with Gasteiger partial charge in [-0.05, 0) is 49.9 Å². The van der Waals surface area contributed by atoms with Gasteiger partial charge in [-0.1, -0.05) is 0 Å². The van der Waals surface area contributed by atoms with Gasteiger partial charge in [-0.3, -0.25) is 29.0 Å². The largest absolute Gasteiger partial charge is 0.481 e. The minimum Gasteiger partial charge on any atom is -0.481 e. The lowest BCUT2D eigenvalue weighted by molar-refractivity contribution is -0.176. The van der Waals surface area contributed by atoms with E-state index in [1.165, 1.54) is 12.1 Å². The molecule has 5 N–H and O–H groups in total. The van der Waals surface area contributed by atoms with Crippen LogP contribution in [-0.2, 0) is 34.0 Å². The van der Waals surface area contributed by atoms with E-state index >= 15 is 0 Å². The number of nitrogens with two attached hydrogens (primary N) is 1. The summed E-state index contributed by atoms with van der Waals surface area (Å²) in [5.74, 6) is -3.69. The number of fused-ring (bicyclic) bond motifs is 1. The van der Waals surface area contributed by atoms with Crippen molar-refractivity contribution in [2.75, 3.05) is 6.54 Å². The number of carboxylic acids is 1. The number of nitrogens with zero attached hydrogens (tertiary/aromatic N) is 2. The Balaban J connectivity index is 1.78. The molecule has 2 heterocycles. The van der Waals surface area contributed by atoms with Gasteiger partial charge >= 0.3 is 5.97 Å². The molecule has 4 amide bonds. The predicted octanol–water partition coefficient (Wildman–Crippen LogP) is -1.49. The molecular formula is C22H27N5O9S. The zero-order valence-corrected chi connectivity index (χ0v) is 20.5. The highest BCUT2D eigenvalue weighted by atomic mass is 32.2. The maximum absolute atomic E-state index is 13.5. The number of hydrazine groups is 1. The summed E-state index contributed by atoms with van der Waals surface area (Å²) in [5.41, 5.74) is 0.0489. The van der Waals surface area contributed by atoms with Crippen molar-refractivity contribution < 1.29 is 42.3 Å². The number of carbonyl (C=O) groups is 6. The van der Waals surface area contributed by atoms with E-state index < -0.39 is 57.7 Å². The number of carbonyl (C=O) groups excluding carboxylic acids is 5. The topological polar surface area (TPSA) is 213 Å². The zero-order chi connectivity index (χ0) is 27.3. The van der Waals surface area contributed by atoms with Crippen LogP contribution in [0.25, 0.3) is 0 Å². The van der Waals surface area contributed by atoms with Gasteiger partial charge in [-0.15, -0.1) is 0 Å². The molecule has 1 aromatic rings. The first-order chi connectivity index (χ1) is 17.4. The lowest BCUT2D eigenvalue weighted by Gasteiger charge is -2.43. The standard InChI is InChI=1S/C22H27N5O9S/c23-37(35,36)15-6-3-13(4-7-15)20(32)25-16-8-9-18(29)26-11-1-2-17(27(26)22(16)34)21(33)24-14(12-28)5-10-19(30)31/h3-4,6-7,12,14,16-17H,1-2,5,8-11H2,(H,24,33)(H,25,32)(H,30,31)(H2,23,35,36)/t14-,16-,17-/m0/s1. The van der Waals surface area contributed by atoms with Gasteiger partial charge in [-0.25, -0.2) is 18.6 Å². The van der Waals surface area contributed by atoms with E-state index in [1.807, 2.05) is 0 Å². The van der Waals surface area contributed by atoms with Gasteiger partial charge in [0.1, 0.15) is 18.4 Å². The van der Waals surface area contributed by atoms with Crippen molar-refractivity contribution in [3.8, 4) is 0 Å². The molecule has 0 bridgehead atoms. The summed E-state index contributed by atoms with van der Waals surface area (Å²) >= 11 is 0. The SMILES string of the molecule is NS(=O)(=O)c1ccc(C(=O)N[C@H]2CCC(=O)N3CCC[C@@H](C(=O)N[C@H](C=O)CCC(=O)O)N3C2=O)cc1. The second-order valence-corrected chi connectivity index (χ2v) is 10.2. The van der Waals surface area contributed by atoms with Crippen molar-refractivity contribution >= 4 is 45.9 Å². The van der Waals surface area contributed by atoms with Gasteiger partial charge in [-0.2, -0.15) is 0 Å². The smallest absolute Gasteiger partial charge is 0.303 e. The third-order valence-corrected chi connectivity index (χ3v) is 7.00. The molecule has 0 aliphatic carbocycles. The average Bonchev–Trinajstić information content (AvgIpc) is 2.97. The predicted molar refractivity (Wildman–Crippen MR) is 125 cm³/mol. The van der Waals surface area contributed by atoms with Gasteiger partial charge in [0.2, 0.25) is 21.8 Å². The van der Waals surface area contributed by atoms with E-state index in [0.29, 0.717) is 12.7 Å². The monoisotopic (exact) mass is 537 g/mol. The van der Waals surface area contributed by atoms with E-state index in [1.54, 1.807) is 0 Å². The summed E-state index contributed by atoms with van der Waals surface area (Å²) in [6.45, 7) is 0.181. The molecule has 0 unspecified atom stereocenters. The van der Waals surface area contributed by atoms with Gasteiger partial charge in [0.15, 0.2) is 0 Å². The zero-order valence-electron chi connectivity index (χ0n) is 19.7. The number of amides is 4. The van der Waals surface area contributed by atoms with Crippen molar-refractivity contribution in [2.45, 2.75) is 61.5 Å². The van der Waals surface area contributed by atoms with E-state index in [2.05, 4.69) is 10.6 Å². The van der Waals surface area contributed by atoms with Crippen molar-refractivity contribution in [3.63, 3.8) is 0 Å². The second kappa shape index (κ2) is 11.5. The molecule has 2 aliphatic rings. The van der Waals surface area contributed by atoms with E-state index in [0.717, 1.165) is 22.2 Å². The van der Waals surface area contributed by atoms with Crippen LogP contribution >= 0.6 is 0 Å². The third kappa shape index (κ3) is 6.68. The Morgan fingerprint density at radius 1 is 1.16 bits per heavy atom.